The van der Waals surface area contributed by atoms with Gasteiger partial charge in [0.05, 0.1) is 9.21 Å². The average Bonchev–Trinajstić information content (AvgIpc) is 2.96. The van der Waals surface area contributed by atoms with Crippen molar-refractivity contribution in [2.75, 3.05) is 13.1 Å². The van der Waals surface area contributed by atoms with Crippen LogP contribution in [0.4, 0.5) is 4.79 Å². The van der Waals surface area contributed by atoms with Crippen molar-refractivity contribution in [2.24, 2.45) is 0 Å². The van der Waals surface area contributed by atoms with Gasteiger partial charge in [-0.1, -0.05) is 11.6 Å². The molecular weight excluding hydrogens is 312 g/mol. The van der Waals surface area contributed by atoms with Crippen LogP contribution in [0.25, 0.3) is 0 Å². The number of nitrogens with zero attached hydrogens (tertiary/aromatic N) is 1. The SMILES string of the molecule is CC(C)(C)OC(=O)N1CC[C@@H](NC(=O)c2ccc(Cl)s2)C1. The largest absolute Gasteiger partial charge is 0.444 e. The Hall–Kier alpha value is -1.27. The lowest BCUT2D eigenvalue weighted by Crippen LogP contribution is -2.40. The minimum absolute atomic E-state index is 0.0501. The fourth-order valence-corrected chi connectivity index (χ4v) is 3.01. The van der Waals surface area contributed by atoms with Crippen LogP contribution in [-0.4, -0.2) is 41.6 Å². The number of hydrogen-bond acceptors (Lipinski definition) is 4. The maximum absolute atomic E-state index is 12.0. The Bertz CT molecular complexity index is 539. The summed E-state index contributed by atoms with van der Waals surface area (Å²) in [6.45, 7) is 6.56. The van der Waals surface area contributed by atoms with Gasteiger partial charge in [-0.15, -0.1) is 11.3 Å². The van der Waals surface area contributed by atoms with E-state index in [1.165, 1.54) is 11.3 Å². The number of hydrogen-bond donors (Lipinski definition) is 1. The molecule has 2 heterocycles. The molecule has 0 spiro atoms. The van der Waals surface area contributed by atoms with Gasteiger partial charge in [0.2, 0.25) is 0 Å². The van der Waals surface area contributed by atoms with Crippen LogP contribution in [0.2, 0.25) is 4.34 Å². The minimum Gasteiger partial charge on any atom is -0.444 e. The number of thiophene rings is 1. The standard InChI is InChI=1S/C14H19ClN2O3S/c1-14(2,3)20-13(19)17-7-6-9(8-17)16-12(18)10-4-5-11(15)21-10/h4-5,9H,6-8H2,1-3H3,(H,16,18)/t9-/m1/s1. The third-order valence-electron chi connectivity index (χ3n) is 2.97. The molecule has 0 unspecified atom stereocenters. The second-order valence-electron chi connectivity index (χ2n) is 5.99. The molecular formula is C14H19ClN2O3S. The van der Waals surface area contributed by atoms with Crippen LogP contribution in [0, 0.1) is 0 Å². The van der Waals surface area contributed by atoms with E-state index >= 15 is 0 Å². The molecule has 1 aromatic heterocycles. The highest BCUT2D eigenvalue weighted by Gasteiger charge is 2.30. The maximum atomic E-state index is 12.0. The maximum Gasteiger partial charge on any atom is 0.410 e. The van der Waals surface area contributed by atoms with Crippen molar-refractivity contribution in [2.45, 2.75) is 38.8 Å². The van der Waals surface area contributed by atoms with E-state index in [4.69, 9.17) is 16.3 Å². The number of carbonyl (C=O) groups is 2. The molecule has 1 aliphatic heterocycles. The van der Waals surface area contributed by atoms with E-state index in [0.717, 1.165) is 6.42 Å². The summed E-state index contributed by atoms with van der Waals surface area (Å²) in [5, 5.41) is 2.92. The van der Waals surface area contributed by atoms with Gasteiger partial charge >= 0.3 is 6.09 Å². The number of rotatable bonds is 2. The van der Waals surface area contributed by atoms with Crippen LogP contribution in [-0.2, 0) is 4.74 Å². The van der Waals surface area contributed by atoms with Gasteiger partial charge < -0.3 is 15.0 Å². The van der Waals surface area contributed by atoms with Crippen molar-refractivity contribution in [1.82, 2.24) is 10.2 Å². The molecule has 21 heavy (non-hydrogen) atoms. The second-order valence-corrected chi connectivity index (χ2v) is 7.70. The van der Waals surface area contributed by atoms with Crippen LogP contribution in [0.3, 0.4) is 0 Å². The van der Waals surface area contributed by atoms with Crippen LogP contribution in [0.5, 0.6) is 0 Å². The third kappa shape index (κ3) is 4.61. The summed E-state index contributed by atoms with van der Waals surface area (Å²) >= 11 is 7.06. The predicted molar refractivity (Wildman–Crippen MR) is 83.0 cm³/mol. The number of amides is 2. The Morgan fingerprint density at radius 3 is 2.71 bits per heavy atom. The van der Waals surface area contributed by atoms with Crippen molar-refractivity contribution >= 4 is 34.9 Å². The Morgan fingerprint density at radius 2 is 2.14 bits per heavy atom. The Labute approximate surface area is 133 Å². The van der Waals surface area contributed by atoms with E-state index < -0.39 is 5.60 Å². The fraction of sp³-hybridized carbons (Fsp3) is 0.571. The van der Waals surface area contributed by atoms with E-state index in [2.05, 4.69) is 5.32 Å². The molecule has 1 atom stereocenters. The lowest BCUT2D eigenvalue weighted by atomic mass is 10.2. The monoisotopic (exact) mass is 330 g/mol. The first-order chi connectivity index (χ1) is 9.74. The first-order valence-corrected chi connectivity index (χ1v) is 7.98. The molecule has 1 aromatic rings. The molecule has 0 aliphatic carbocycles. The van der Waals surface area contributed by atoms with Crippen molar-refractivity contribution < 1.29 is 14.3 Å². The summed E-state index contributed by atoms with van der Waals surface area (Å²) < 4.78 is 5.91. The first kappa shape index (κ1) is 16.1. The Balaban J connectivity index is 1.85. The third-order valence-corrected chi connectivity index (χ3v) is 4.20. The normalized spacial score (nSPS) is 18.7. The zero-order chi connectivity index (χ0) is 15.6. The highest BCUT2D eigenvalue weighted by Crippen LogP contribution is 2.22. The van der Waals surface area contributed by atoms with Gasteiger partial charge in [0, 0.05) is 19.1 Å². The molecule has 2 amide bonds. The van der Waals surface area contributed by atoms with Crippen LogP contribution in [0.15, 0.2) is 12.1 Å². The smallest absolute Gasteiger partial charge is 0.410 e. The molecule has 7 heteroatoms. The molecule has 2 rings (SSSR count). The summed E-state index contributed by atoms with van der Waals surface area (Å²) in [6.07, 6.45) is 0.391. The van der Waals surface area contributed by atoms with E-state index in [9.17, 15) is 9.59 Å². The summed E-state index contributed by atoms with van der Waals surface area (Å²) in [5.41, 5.74) is -0.508. The summed E-state index contributed by atoms with van der Waals surface area (Å²) in [5.74, 6) is -0.150. The van der Waals surface area contributed by atoms with Gasteiger partial charge in [0.15, 0.2) is 0 Å². The van der Waals surface area contributed by atoms with Crippen molar-refractivity contribution in [3.05, 3.63) is 21.3 Å². The van der Waals surface area contributed by atoms with Crippen LogP contribution < -0.4 is 5.32 Å². The molecule has 0 aromatic carbocycles. The lowest BCUT2D eigenvalue weighted by Gasteiger charge is -2.24. The number of carbonyl (C=O) groups excluding carboxylic acids is 2. The molecule has 1 aliphatic rings. The van der Waals surface area contributed by atoms with Crippen LogP contribution in [0.1, 0.15) is 36.9 Å². The number of likely N-dealkylation sites (tertiary alicyclic amines) is 1. The van der Waals surface area contributed by atoms with Crippen molar-refractivity contribution in [1.29, 1.82) is 0 Å². The molecule has 1 fully saturated rings. The van der Waals surface area contributed by atoms with Crippen LogP contribution >= 0.6 is 22.9 Å². The number of nitrogens with one attached hydrogen (secondary N) is 1. The molecule has 1 N–H and O–H groups in total. The Morgan fingerprint density at radius 1 is 1.43 bits per heavy atom. The van der Waals surface area contributed by atoms with Gasteiger partial charge in [-0.2, -0.15) is 0 Å². The topological polar surface area (TPSA) is 58.6 Å². The molecule has 5 nitrogen and oxygen atoms in total. The highest BCUT2D eigenvalue weighted by atomic mass is 35.5. The highest BCUT2D eigenvalue weighted by molar-refractivity contribution is 7.17. The van der Waals surface area contributed by atoms with Gasteiger partial charge in [-0.3, -0.25) is 4.79 Å². The second kappa shape index (κ2) is 6.23. The lowest BCUT2D eigenvalue weighted by molar-refractivity contribution is 0.0290. The summed E-state index contributed by atoms with van der Waals surface area (Å²) in [6, 6.07) is 3.34. The first-order valence-electron chi connectivity index (χ1n) is 6.79. The minimum atomic E-state index is -0.508. The van der Waals surface area contributed by atoms with Gasteiger partial charge in [0.25, 0.3) is 5.91 Å². The molecule has 0 bridgehead atoms. The predicted octanol–water partition coefficient (Wildman–Crippen LogP) is 3.14. The van der Waals surface area contributed by atoms with Crippen molar-refractivity contribution in [3.8, 4) is 0 Å². The molecule has 116 valence electrons. The number of halogens is 1. The van der Waals surface area contributed by atoms with Gasteiger partial charge in [-0.05, 0) is 39.3 Å². The van der Waals surface area contributed by atoms with Gasteiger partial charge in [-0.25, -0.2) is 4.79 Å². The molecule has 0 radical (unpaired) electrons. The Kier molecular flexibility index (Phi) is 4.78. The zero-order valence-electron chi connectivity index (χ0n) is 12.3. The average molecular weight is 331 g/mol. The van der Waals surface area contributed by atoms with E-state index in [0.29, 0.717) is 22.3 Å². The van der Waals surface area contributed by atoms with E-state index in [-0.39, 0.29) is 18.0 Å². The molecule has 1 saturated heterocycles. The molecule has 0 saturated carbocycles. The summed E-state index contributed by atoms with van der Waals surface area (Å²) in [7, 11) is 0. The van der Waals surface area contributed by atoms with E-state index in [1.54, 1.807) is 17.0 Å². The zero-order valence-corrected chi connectivity index (χ0v) is 13.9. The summed E-state index contributed by atoms with van der Waals surface area (Å²) in [4.78, 5) is 26.2. The number of ether oxygens (including phenoxy) is 1. The van der Waals surface area contributed by atoms with E-state index in [1.807, 2.05) is 20.8 Å². The fourth-order valence-electron chi connectivity index (χ4n) is 2.06. The van der Waals surface area contributed by atoms with Crippen molar-refractivity contribution in [3.63, 3.8) is 0 Å². The quantitative estimate of drug-likeness (QED) is 0.906. The van der Waals surface area contributed by atoms with Gasteiger partial charge in [0.1, 0.15) is 5.60 Å².